The lowest BCUT2D eigenvalue weighted by molar-refractivity contribution is -0.119. The predicted octanol–water partition coefficient (Wildman–Crippen LogP) is 6.59. The second kappa shape index (κ2) is 9.93. The van der Waals surface area contributed by atoms with Crippen molar-refractivity contribution < 1.29 is 9.18 Å². The maximum atomic E-state index is 13.8. The summed E-state index contributed by atoms with van der Waals surface area (Å²) in [4.78, 5) is 24.6. The second-order valence-corrected chi connectivity index (χ2v) is 9.00. The van der Waals surface area contributed by atoms with Gasteiger partial charge in [-0.2, -0.15) is 0 Å². The molecule has 0 fully saturated rings. The number of fused-ring (bicyclic) bond motifs is 1. The van der Waals surface area contributed by atoms with Crippen LogP contribution in [0.1, 0.15) is 29.2 Å². The molecule has 0 N–H and O–H groups in total. The van der Waals surface area contributed by atoms with Gasteiger partial charge in [0.25, 0.3) is 0 Å². The highest BCUT2D eigenvalue weighted by Gasteiger charge is 2.26. The van der Waals surface area contributed by atoms with Gasteiger partial charge in [0.15, 0.2) is 5.13 Å². The van der Waals surface area contributed by atoms with Gasteiger partial charge in [0.05, 0.1) is 22.5 Å². The van der Waals surface area contributed by atoms with Crippen LogP contribution in [0.3, 0.4) is 0 Å². The highest BCUT2D eigenvalue weighted by molar-refractivity contribution is 7.22. The molecule has 5 aromatic rings. The van der Waals surface area contributed by atoms with E-state index >= 15 is 0 Å². The summed E-state index contributed by atoms with van der Waals surface area (Å²) >= 11 is 1.31. The third-order valence-corrected chi connectivity index (χ3v) is 6.74. The lowest BCUT2D eigenvalue weighted by Crippen LogP contribution is -2.32. The first-order chi connectivity index (χ1) is 16.7. The van der Waals surface area contributed by atoms with Crippen molar-refractivity contribution in [1.82, 2.24) is 9.97 Å². The molecule has 0 saturated heterocycles. The molecule has 2 heterocycles. The molecule has 0 aliphatic heterocycles. The smallest absolute Gasteiger partial charge is 0.230 e. The van der Waals surface area contributed by atoms with Crippen LogP contribution in [0.15, 0.2) is 103 Å². The molecule has 5 rings (SSSR count). The number of nitrogens with zero attached hydrogens (tertiary/aromatic N) is 3. The topological polar surface area (TPSA) is 46.1 Å². The molecule has 0 aliphatic rings. The van der Waals surface area contributed by atoms with Crippen molar-refractivity contribution in [3.05, 3.63) is 126 Å². The zero-order chi connectivity index (χ0) is 23.3. The van der Waals surface area contributed by atoms with Gasteiger partial charge in [-0.15, -0.1) is 0 Å². The van der Waals surface area contributed by atoms with Crippen LogP contribution in [0.5, 0.6) is 0 Å². The van der Waals surface area contributed by atoms with E-state index < -0.39 is 0 Å². The summed E-state index contributed by atoms with van der Waals surface area (Å²) in [5, 5.41) is 0.538. The van der Waals surface area contributed by atoms with Gasteiger partial charge in [-0.3, -0.25) is 14.7 Å². The number of halogens is 1. The predicted molar refractivity (Wildman–Crippen MR) is 134 cm³/mol. The maximum absolute atomic E-state index is 13.8. The third-order valence-electron chi connectivity index (χ3n) is 5.70. The van der Waals surface area contributed by atoms with Gasteiger partial charge in [0.1, 0.15) is 5.82 Å². The molecule has 4 nitrogen and oxygen atoms in total. The van der Waals surface area contributed by atoms with Crippen LogP contribution in [-0.4, -0.2) is 15.9 Å². The van der Waals surface area contributed by atoms with E-state index in [2.05, 4.69) is 34.2 Å². The minimum absolute atomic E-state index is 0.0668. The number of aromatic nitrogens is 2. The van der Waals surface area contributed by atoms with Crippen LogP contribution in [0.4, 0.5) is 9.52 Å². The Morgan fingerprint density at radius 2 is 1.56 bits per heavy atom. The van der Waals surface area contributed by atoms with Crippen molar-refractivity contribution in [2.24, 2.45) is 0 Å². The fourth-order valence-corrected chi connectivity index (χ4v) is 5.01. The van der Waals surface area contributed by atoms with E-state index in [9.17, 15) is 9.18 Å². The number of hydrogen-bond donors (Lipinski definition) is 0. The number of pyridine rings is 1. The normalized spacial score (nSPS) is 11.1. The van der Waals surface area contributed by atoms with E-state index in [1.807, 2.05) is 54.6 Å². The highest BCUT2D eigenvalue weighted by atomic mass is 32.1. The summed E-state index contributed by atoms with van der Waals surface area (Å²) in [6, 6.07) is 30.2. The lowest BCUT2D eigenvalue weighted by atomic mass is 9.88. The van der Waals surface area contributed by atoms with Crippen LogP contribution in [-0.2, 0) is 11.3 Å². The molecule has 0 unspecified atom stereocenters. The number of anilines is 1. The summed E-state index contributed by atoms with van der Waals surface area (Å²) in [6.07, 6.45) is 1.98. The fraction of sp³-hybridized carbons (Fsp3) is 0.107. The van der Waals surface area contributed by atoms with Crippen LogP contribution in [0.25, 0.3) is 10.2 Å². The lowest BCUT2D eigenvalue weighted by Gasteiger charge is -2.24. The van der Waals surface area contributed by atoms with E-state index in [0.29, 0.717) is 15.3 Å². The Labute approximate surface area is 201 Å². The van der Waals surface area contributed by atoms with Crippen molar-refractivity contribution in [1.29, 1.82) is 0 Å². The zero-order valence-electron chi connectivity index (χ0n) is 18.3. The van der Waals surface area contributed by atoms with Gasteiger partial charge in [-0.05, 0) is 41.5 Å². The van der Waals surface area contributed by atoms with Crippen LogP contribution in [0.2, 0.25) is 0 Å². The highest BCUT2D eigenvalue weighted by Crippen LogP contribution is 2.33. The zero-order valence-corrected chi connectivity index (χ0v) is 19.2. The van der Waals surface area contributed by atoms with E-state index in [-0.39, 0.29) is 30.6 Å². The van der Waals surface area contributed by atoms with Gasteiger partial charge in [0, 0.05) is 18.5 Å². The SMILES string of the molecule is O=C(CC(c1ccccc1)c1ccccc1)N(Cc1ccccn1)c1nc2ccc(F)cc2s1. The number of hydrogen-bond acceptors (Lipinski definition) is 4. The third kappa shape index (κ3) is 4.87. The molecule has 0 aliphatic carbocycles. The van der Waals surface area contributed by atoms with Crippen molar-refractivity contribution in [2.45, 2.75) is 18.9 Å². The average molecular weight is 468 g/mol. The van der Waals surface area contributed by atoms with E-state index in [1.165, 1.54) is 23.5 Å². The molecule has 3 aromatic carbocycles. The van der Waals surface area contributed by atoms with E-state index in [4.69, 9.17) is 0 Å². The first-order valence-electron chi connectivity index (χ1n) is 11.0. The molecule has 6 heteroatoms. The summed E-state index contributed by atoms with van der Waals surface area (Å²) < 4.78 is 14.5. The number of carbonyl (C=O) groups excluding carboxylic acids is 1. The van der Waals surface area contributed by atoms with Gasteiger partial charge < -0.3 is 0 Å². The van der Waals surface area contributed by atoms with Crippen molar-refractivity contribution in [3.8, 4) is 0 Å². The van der Waals surface area contributed by atoms with Gasteiger partial charge >= 0.3 is 0 Å². The summed E-state index contributed by atoms with van der Waals surface area (Å²) in [5.41, 5.74) is 3.58. The molecule has 0 spiro atoms. The summed E-state index contributed by atoms with van der Waals surface area (Å²) in [6.45, 7) is 0.290. The molecule has 168 valence electrons. The average Bonchev–Trinajstić information content (AvgIpc) is 3.30. The monoisotopic (exact) mass is 467 g/mol. The standard InChI is InChI=1S/C28H22FN3OS/c29-22-14-15-25-26(17-22)34-28(31-25)32(19-23-13-7-8-16-30-23)27(33)18-24(20-9-3-1-4-10-20)21-11-5-2-6-12-21/h1-17,24H,18-19H2. The Morgan fingerprint density at radius 3 is 2.21 bits per heavy atom. The number of carbonyl (C=O) groups is 1. The quantitative estimate of drug-likeness (QED) is 0.271. The first kappa shape index (κ1) is 21.9. The molecule has 1 amide bonds. The summed E-state index contributed by atoms with van der Waals surface area (Å²) in [7, 11) is 0. The van der Waals surface area contributed by atoms with Crippen molar-refractivity contribution in [2.75, 3.05) is 4.90 Å². The number of amides is 1. The van der Waals surface area contributed by atoms with Crippen molar-refractivity contribution in [3.63, 3.8) is 0 Å². The molecular formula is C28H22FN3OS. The van der Waals surface area contributed by atoms with Gasteiger partial charge in [-0.1, -0.05) is 78.1 Å². The largest absolute Gasteiger partial charge is 0.282 e. The molecular weight excluding hydrogens is 445 g/mol. The molecule has 0 radical (unpaired) electrons. The second-order valence-electron chi connectivity index (χ2n) is 7.99. The molecule has 2 aromatic heterocycles. The first-order valence-corrected chi connectivity index (χ1v) is 11.9. The molecule has 0 saturated carbocycles. The van der Waals surface area contributed by atoms with Gasteiger partial charge in [0.2, 0.25) is 5.91 Å². The fourth-order valence-electron chi connectivity index (χ4n) is 4.00. The minimum atomic E-state index is -0.321. The van der Waals surface area contributed by atoms with E-state index in [0.717, 1.165) is 16.8 Å². The van der Waals surface area contributed by atoms with Crippen LogP contribution in [0, 0.1) is 5.82 Å². The maximum Gasteiger partial charge on any atom is 0.230 e. The van der Waals surface area contributed by atoms with Gasteiger partial charge in [-0.25, -0.2) is 9.37 Å². The number of rotatable bonds is 7. The molecule has 0 bridgehead atoms. The van der Waals surface area contributed by atoms with Crippen LogP contribution >= 0.6 is 11.3 Å². The van der Waals surface area contributed by atoms with Crippen molar-refractivity contribution >= 4 is 32.6 Å². The molecule has 34 heavy (non-hydrogen) atoms. The Bertz CT molecular complexity index is 1350. The number of benzene rings is 3. The Balaban J connectivity index is 1.52. The van der Waals surface area contributed by atoms with E-state index in [1.54, 1.807) is 17.2 Å². The minimum Gasteiger partial charge on any atom is -0.282 e. The summed E-state index contributed by atoms with van der Waals surface area (Å²) in [5.74, 6) is -0.491. The molecule has 0 atom stereocenters. The Morgan fingerprint density at radius 1 is 0.882 bits per heavy atom. The Kier molecular flexibility index (Phi) is 6.40. The van der Waals surface area contributed by atoms with Crippen LogP contribution < -0.4 is 4.90 Å². The Hall–Kier alpha value is -3.90. The number of thiazole rings is 1.